The van der Waals surface area contributed by atoms with Crippen LogP contribution in [-0.2, 0) is 16.1 Å². The molecule has 0 atom stereocenters. The Morgan fingerprint density at radius 1 is 1.06 bits per heavy atom. The summed E-state index contributed by atoms with van der Waals surface area (Å²) >= 11 is 0. The first-order valence-corrected chi connectivity index (χ1v) is 11.1. The van der Waals surface area contributed by atoms with Crippen molar-refractivity contribution in [2.45, 2.75) is 25.8 Å². The summed E-state index contributed by atoms with van der Waals surface area (Å²) in [4.78, 5) is 51.7. The number of nitrogens with one attached hydrogen (secondary N) is 2. The van der Waals surface area contributed by atoms with Gasteiger partial charge in [0.1, 0.15) is 0 Å². The molecule has 9 nitrogen and oxygen atoms in total. The number of rotatable bonds is 9. The summed E-state index contributed by atoms with van der Waals surface area (Å²) in [5, 5.41) is 11.0. The van der Waals surface area contributed by atoms with Gasteiger partial charge in [-0.15, -0.1) is 0 Å². The summed E-state index contributed by atoms with van der Waals surface area (Å²) in [6.45, 7) is 1.94. The van der Waals surface area contributed by atoms with Crippen LogP contribution in [0.15, 0.2) is 60.7 Å². The van der Waals surface area contributed by atoms with E-state index in [2.05, 4.69) is 5.32 Å². The largest absolute Gasteiger partial charge is 0.343 e. The summed E-state index contributed by atoms with van der Waals surface area (Å²) in [6, 6.07) is 15.2. The van der Waals surface area contributed by atoms with Crippen molar-refractivity contribution >= 4 is 29.8 Å². The van der Waals surface area contributed by atoms with E-state index in [0.29, 0.717) is 31.5 Å². The normalized spacial score (nSPS) is 13.2. The van der Waals surface area contributed by atoms with Gasteiger partial charge in [0.05, 0.1) is 0 Å². The van der Waals surface area contributed by atoms with Gasteiger partial charge in [-0.25, -0.2) is 10.3 Å². The van der Waals surface area contributed by atoms with Crippen molar-refractivity contribution in [3.05, 3.63) is 77.4 Å². The first kappa shape index (κ1) is 24.7. The first-order chi connectivity index (χ1) is 16.5. The van der Waals surface area contributed by atoms with E-state index < -0.39 is 17.8 Å². The highest BCUT2D eigenvalue weighted by Gasteiger charge is 2.21. The minimum atomic E-state index is -0.633. The van der Waals surface area contributed by atoms with E-state index in [1.54, 1.807) is 58.3 Å². The van der Waals surface area contributed by atoms with Crippen molar-refractivity contribution in [2.75, 3.05) is 19.6 Å². The molecule has 1 fully saturated rings. The van der Waals surface area contributed by atoms with Crippen molar-refractivity contribution in [3.63, 3.8) is 0 Å². The number of carbonyl (C=O) groups excluding carboxylic acids is 4. The molecule has 0 bridgehead atoms. The van der Waals surface area contributed by atoms with Crippen LogP contribution in [0.2, 0.25) is 0 Å². The van der Waals surface area contributed by atoms with Crippen LogP contribution in [0, 0.1) is 0 Å². The van der Waals surface area contributed by atoms with E-state index in [4.69, 9.17) is 5.21 Å². The molecule has 2 aromatic carbocycles. The maximum Gasteiger partial charge on any atom is 0.324 e. The topological polar surface area (TPSA) is 119 Å². The lowest BCUT2D eigenvalue weighted by atomic mass is 10.1. The minimum absolute atomic E-state index is 0.133. The van der Waals surface area contributed by atoms with Gasteiger partial charge < -0.3 is 9.80 Å². The zero-order valence-electron chi connectivity index (χ0n) is 18.8. The second-order valence-electron chi connectivity index (χ2n) is 7.94. The van der Waals surface area contributed by atoms with Gasteiger partial charge in [0, 0.05) is 44.2 Å². The lowest BCUT2D eigenvalue weighted by molar-refractivity contribution is -0.127. The summed E-state index contributed by atoms with van der Waals surface area (Å²) in [5.74, 6) is -0.978. The molecule has 178 valence electrons. The van der Waals surface area contributed by atoms with Crippen LogP contribution in [0.4, 0.5) is 4.79 Å². The smallest absolute Gasteiger partial charge is 0.324 e. The van der Waals surface area contributed by atoms with Crippen LogP contribution in [0.25, 0.3) is 6.08 Å². The van der Waals surface area contributed by atoms with Crippen LogP contribution in [0.1, 0.15) is 40.7 Å². The number of likely N-dealkylation sites (tertiary alicyclic amines) is 1. The Morgan fingerprint density at radius 2 is 1.79 bits per heavy atom. The lowest BCUT2D eigenvalue weighted by Gasteiger charge is -2.24. The molecule has 2 aromatic rings. The standard InChI is InChI=1S/C25H28N4O5/c30-22(27-34)14-13-19-9-11-20(12-10-19)18-29(17-5-16-28-15-4-8-23(28)31)25(33)26-24(32)21-6-2-1-3-7-21/h1-3,6-7,9-14,34H,4-5,8,15-18H2,(H,27,30)(H,26,32,33). The average Bonchev–Trinajstić information content (AvgIpc) is 3.27. The second-order valence-corrected chi connectivity index (χ2v) is 7.94. The Balaban J connectivity index is 1.65. The van der Waals surface area contributed by atoms with Gasteiger partial charge in [-0.05, 0) is 42.2 Å². The molecule has 1 saturated heterocycles. The van der Waals surface area contributed by atoms with Crippen LogP contribution in [0.5, 0.6) is 0 Å². The van der Waals surface area contributed by atoms with Gasteiger partial charge in [-0.2, -0.15) is 0 Å². The molecule has 0 unspecified atom stereocenters. The molecule has 5 amide bonds. The number of amides is 5. The van der Waals surface area contributed by atoms with Gasteiger partial charge in [0.25, 0.3) is 11.8 Å². The number of hydrogen-bond donors (Lipinski definition) is 3. The van der Waals surface area contributed by atoms with Gasteiger partial charge in [0.2, 0.25) is 5.91 Å². The van der Waals surface area contributed by atoms with Crippen molar-refractivity contribution in [3.8, 4) is 0 Å². The quantitative estimate of drug-likeness (QED) is 0.299. The van der Waals surface area contributed by atoms with Crippen LogP contribution >= 0.6 is 0 Å². The molecule has 1 heterocycles. The molecule has 0 radical (unpaired) electrons. The van der Waals surface area contributed by atoms with Crippen LogP contribution in [0.3, 0.4) is 0 Å². The average molecular weight is 465 g/mol. The summed E-state index contributed by atoms with van der Waals surface area (Å²) < 4.78 is 0. The van der Waals surface area contributed by atoms with Crippen molar-refractivity contribution in [2.24, 2.45) is 0 Å². The number of hydroxylamine groups is 1. The van der Waals surface area contributed by atoms with Crippen molar-refractivity contribution in [1.29, 1.82) is 0 Å². The number of carbonyl (C=O) groups is 4. The van der Waals surface area contributed by atoms with Gasteiger partial charge in [0.15, 0.2) is 0 Å². The molecular formula is C25H28N4O5. The summed E-state index contributed by atoms with van der Waals surface area (Å²) in [7, 11) is 0. The van der Waals surface area contributed by atoms with E-state index in [0.717, 1.165) is 24.1 Å². The third-order valence-corrected chi connectivity index (χ3v) is 5.46. The molecule has 9 heteroatoms. The summed E-state index contributed by atoms with van der Waals surface area (Å²) in [6.07, 6.45) is 4.76. The molecule has 1 aliphatic heterocycles. The Bertz CT molecular complexity index is 1040. The predicted octanol–water partition coefficient (Wildman–Crippen LogP) is 2.57. The molecule has 0 aliphatic carbocycles. The number of hydrogen-bond acceptors (Lipinski definition) is 5. The number of nitrogens with zero attached hydrogens (tertiary/aromatic N) is 2. The molecule has 34 heavy (non-hydrogen) atoms. The van der Waals surface area contributed by atoms with Crippen LogP contribution < -0.4 is 10.8 Å². The lowest BCUT2D eigenvalue weighted by Crippen LogP contribution is -2.43. The van der Waals surface area contributed by atoms with Crippen molar-refractivity contribution < 1.29 is 24.4 Å². The predicted molar refractivity (Wildman–Crippen MR) is 126 cm³/mol. The highest BCUT2D eigenvalue weighted by molar-refractivity contribution is 6.04. The van der Waals surface area contributed by atoms with E-state index in [9.17, 15) is 19.2 Å². The number of urea groups is 1. The summed E-state index contributed by atoms with van der Waals surface area (Å²) in [5.41, 5.74) is 3.50. The number of imide groups is 1. The van der Waals surface area contributed by atoms with E-state index in [-0.39, 0.29) is 12.5 Å². The molecule has 0 aromatic heterocycles. The second kappa shape index (κ2) is 12.3. The Labute approximate surface area is 198 Å². The fraction of sp³-hybridized carbons (Fsp3) is 0.280. The molecule has 0 saturated carbocycles. The van der Waals surface area contributed by atoms with E-state index >= 15 is 0 Å². The molecule has 3 rings (SSSR count). The van der Waals surface area contributed by atoms with Gasteiger partial charge in [-0.1, -0.05) is 42.5 Å². The van der Waals surface area contributed by atoms with Gasteiger partial charge in [-0.3, -0.25) is 24.9 Å². The Hall–Kier alpha value is -3.98. The fourth-order valence-corrected chi connectivity index (χ4v) is 3.65. The highest BCUT2D eigenvalue weighted by Crippen LogP contribution is 2.13. The zero-order valence-corrected chi connectivity index (χ0v) is 18.8. The Kier molecular flexibility index (Phi) is 8.93. The van der Waals surface area contributed by atoms with E-state index in [1.165, 1.54) is 11.6 Å². The maximum absolute atomic E-state index is 12.9. The molecular weight excluding hydrogens is 436 g/mol. The monoisotopic (exact) mass is 464 g/mol. The molecule has 1 aliphatic rings. The Morgan fingerprint density at radius 3 is 2.44 bits per heavy atom. The third kappa shape index (κ3) is 7.28. The third-order valence-electron chi connectivity index (χ3n) is 5.46. The maximum atomic E-state index is 12.9. The van der Waals surface area contributed by atoms with E-state index in [1.807, 2.05) is 12.1 Å². The molecule has 0 spiro atoms. The number of benzene rings is 2. The molecule has 3 N–H and O–H groups in total. The first-order valence-electron chi connectivity index (χ1n) is 11.1. The van der Waals surface area contributed by atoms with Gasteiger partial charge >= 0.3 is 6.03 Å². The SMILES string of the molecule is O=C(C=Cc1ccc(CN(CCCN2CCCC2=O)C(=O)NC(=O)c2ccccc2)cc1)NO. The fourth-order valence-electron chi connectivity index (χ4n) is 3.65. The zero-order chi connectivity index (χ0) is 24.3. The minimum Gasteiger partial charge on any atom is -0.343 e. The highest BCUT2D eigenvalue weighted by atomic mass is 16.5. The van der Waals surface area contributed by atoms with Crippen molar-refractivity contribution in [1.82, 2.24) is 20.6 Å². The van der Waals surface area contributed by atoms with Crippen LogP contribution in [-0.4, -0.2) is 58.4 Å².